The fraction of sp³-hybridized carbons (Fsp3) is 0.0769. The van der Waals surface area contributed by atoms with E-state index in [1.165, 1.54) is 0 Å². The average Bonchev–Trinajstić information content (AvgIpc) is 2.34. The van der Waals surface area contributed by atoms with Gasteiger partial charge in [0.25, 0.3) is 0 Å². The van der Waals surface area contributed by atoms with E-state index in [0.29, 0.717) is 25.4 Å². The fourth-order valence-corrected chi connectivity index (χ4v) is 3.05. The maximum atomic E-state index is 6.23. The Balaban J connectivity index is 2.69. The van der Waals surface area contributed by atoms with Crippen molar-refractivity contribution in [2.45, 2.75) is 5.33 Å². The zero-order chi connectivity index (χ0) is 13.3. The van der Waals surface area contributed by atoms with Crippen LogP contribution in [0.3, 0.4) is 0 Å². The zero-order valence-electron chi connectivity index (χ0n) is 8.98. The number of rotatable bonds is 2. The topological polar surface area (TPSA) is 0 Å². The molecular formula is C13H7BrCl4. The lowest BCUT2D eigenvalue weighted by Gasteiger charge is -2.11. The third-order valence-electron chi connectivity index (χ3n) is 2.49. The van der Waals surface area contributed by atoms with Crippen molar-refractivity contribution >= 4 is 62.3 Å². The normalized spacial score (nSPS) is 10.7. The first-order valence-electron chi connectivity index (χ1n) is 5.02. The SMILES string of the molecule is Clc1ccc(-c2cc(Cl)cc(Cl)c2Cl)c(CBr)c1. The van der Waals surface area contributed by atoms with Crippen LogP contribution < -0.4 is 0 Å². The van der Waals surface area contributed by atoms with E-state index in [-0.39, 0.29) is 0 Å². The molecular weight excluding hydrogens is 378 g/mol. The zero-order valence-corrected chi connectivity index (χ0v) is 13.6. The molecule has 0 heterocycles. The summed E-state index contributed by atoms with van der Waals surface area (Å²) >= 11 is 27.7. The molecule has 0 atom stereocenters. The van der Waals surface area contributed by atoms with Crippen LogP contribution in [0.5, 0.6) is 0 Å². The molecule has 0 unspecified atom stereocenters. The van der Waals surface area contributed by atoms with Crippen LogP contribution in [0.2, 0.25) is 20.1 Å². The number of hydrogen-bond acceptors (Lipinski definition) is 0. The van der Waals surface area contributed by atoms with Gasteiger partial charge in [-0.05, 0) is 35.4 Å². The summed E-state index contributed by atoms with van der Waals surface area (Å²) in [5.74, 6) is 0. The maximum Gasteiger partial charge on any atom is 0.0671 e. The molecule has 0 fully saturated rings. The second kappa shape index (κ2) is 6.02. The highest BCUT2D eigenvalue weighted by Gasteiger charge is 2.12. The van der Waals surface area contributed by atoms with Crippen molar-refractivity contribution < 1.29 is 0 Å². The van der Waals surface area contributed by atoms with Crippen LogP contribution in [0, 0.1) is 0 Å². The van der Waals surface area contributed by atoms with Crippen LogP contribution in [0.25, 0.3) is 11.1 Å². The Morgan fingerprint density at radius 2 is 1.56 bits per heavy atom. The van der Waals surface area contributed by atoms with Crippen LogP contribution in [0.15, 0.2) is 30.3 Å². The summed E-state index contributed by atoms with van der Waals surface area (Å²) in [6.45, 7) is 0. The summed E-state index contributed by atoms with van der Waals surface area (Å²) in [6.07, 6.45) is 0. The smallest absolute Gasteiger partial charge is 0.0671 e. The molecule has 0 aromatic heterocycles. The van der Waals surface area contributed by atoms with Gasteiger partial charge in [0.15, 0.2) is 0 Å². The summed E-state index contributed by atoms with van der Waals surface area (Å²) in [4.78, 5) is 0. The Morgan fingerprint density at radius 1 is 0.833 bits per heavy atom. The van der Waals surface area contributed by atoms with E-state index in [1.54, 1.807) is 12.1 Å². The van der Waals surface area contributed by atoms with Crippen molar-refractivity contribution in [1.29, 1.82) is 0 Å². The predicted molar refractivity (Wildman–Crippen MR) is 84.5 cm³/mol. The third-order valence-corrected chi connectivity index (χ3v) is 4.35. The van der Waals surface area contributed by atoms with E-state index in [0.717, 1.165) is 16.7 Å². The van der Waals surface area contributed by atoms with Gasteiger partial charge in [-0.25, -0.2) is 0 Å². The Kier molecular flexibility index (Phi) is 4.85. The summed E-state index contributed by atoms with van der Waals surface area (Å²) in [7, 11) is 0. The summed E-state index contributed by atoms with van der Waals surface area (Å²) in [5, 5.41) is 2.83. The fourth-order valence-electron chi connectivity index (χ4n) is 1.69. The monoisotopic (exact) mass is 382 g/mol. The maximum absolute atomic E-state index is 6.23. The molecule has 0 aliphatic heterocycles. The van der Waals surface area contributed by atoms with Crippen LogP contribution >= 0.6 is 62.3 Å². The van der Waals surface area contributed by atoms with E-state index in [4.69, 9.17) is 46.4 Å². The first-order chi connectivity index (χ1) is 8.52. The van der Waals surface area contributed by atoms with E-state index in [2.05, 4.69) is 15.9 Å². The van der Waals surface area contributed by atoms with Crippen molar-refractivity contribution in [2.75, 3.05) is 0 Å². The van der Waals surface area contributed by atoms with Gasteiger partial charge in [-0.15, -0.1) is 0 Å². The molecule has 0 spiro atoms. The molecule has 5 heteroatoms. The molecule has 0 radical (unpaired) electrons. The molecule has 0 saturated carbocycles. The van der Waals surface area contributed by atoms with Crippen molar-refractivity contribution in [3.05, 3.63) is 56.0 Å². The highest BCUT2D eigenvalue weighted by Crippen LogP contribution is 2.39. The van der Waals surface area contributed by atoms with Gasteiger partial charge in [-0.3, -0.25) is 0 Å². The minimum atomic E-state index is 0.439. The minimum Gasteiger partial charge on any atom is -0.0876 e. The lowest BCUT2D eigenvalue weighted by molar-refractivity contribution is 1.43. The van der Waals surface area contributed by atoms with Gasteiger partial charge >= 0.3 is 0 Å². The molecule has 0 N–H and O–H groups in total. The van der Waals surface area contributed by atoms with Gasteiger partial charge in [0.1, 0.15) is 0 Å². The first kappa shape index (κ1) is 14.5. The molecule has 2 aromatic carbocycles. The van der Waals surface area contributed by atoms with Gasteiger partial charge < -0.3 is 0 Å². The lowest BCUT2D eigenvalue weighted by Crippen LogP contribution is -1.88. The molecule has 0 bridgehead atoms. The Morgan fingerprint density at radius 3 is 2.22 bits per heavy atom. The molecule has 94 valence electrons. The molecule has 0 saturated heterocycles. The Labute approximate surface area is 134 Å². The van der Waals surface area contributed by atoms with E-state index in [9.17, 15) is 0 Å². The van der Waals surface area contributed by atoms with Crippen molar-refractivity contribution in [3.63, 3.8) is 0 Å². The quantitative estimate of drug-likeness (QED) is 0.391. The number of halogens is 5. The third kappa shape index (κ3) is 2.97. The highest BCUT2D eigenvalue weighted by atomic mass is 79.9. The van der Waals surface area contributed by atoms with Gasteiger partial charge in [-0.1, -0.05) is 68.4 Å². The van der Waals surface area contributed by atoms with Crippen molar-refractivity contribution in [2.24, 2.45) is 0 Å². The Bertz CT molecular complexity index is 596. The summed E-state index contributed by atoms with van der Waals surface area (Å²) in [6, 6.07) is 9.03. The largest absolute Gasteiger partial charge is 0.0876 e. The van der Waals surface area contributed by atoms with E-state index >= 15 is 0 Å². The van der Waals surface area contributed by atoms with Gasteiger partial charge in [0.05, 0.1) is 10.0 Å². The van der Waals surface area contributed by atoms with Crippen LogP contribution in [-0.4, -0.2) is 0 Å². The molecule has 0 amide bonds. The molecule has 0 aliphatic carbocycles. The lowest BCUT2D eigenvalue weighted by atomic mass is 10.0. The van der Waals surface area contributed by atoms with Gasteiger partial charge in [0.2, 0.25) is 0 Å². The van der Waals surface area contributed by atoms with Gasteiger partial charge in [0, 0.05) is 20.9 Å². The summed E-state index contributed by atoms with van der Waals surface area (Å²) in [5.41, 5.74) is 2.80. The molecule has 2 rings (SSSR count). The molecule has 0 aliphatic rings. The Hall–Kier alpha value is 0.0800. The second-order valence-corrected chi connectivity index (χ2v) is 5.90. The van der Waals surface area contributed by atoms with E-state index in [1.807, 2.05) is 18.2 Å². The number of alkyl halides is 1. The van der Waals surface area contributed by atoms with Crippen LogP contribution in [-0.2, 0) is 5.33 Å². The summed E-state index contributed by atoms with van der Waals surface area (Å²) < 4.78 is 0. The predicted octanol–water partition coefficient (Wildman–Crippen LogP) is 6.86. The van der Waals surface area contributed by atoms with E-state index < -0.39 is 0 Å². The van der Waals surface area contributed by atoms with Crippen LogP contribution in [0.1, 0.15) is 5.56 Å². The second-order valence-electron chi connectivity index (χ2n) is 3.68. The number of benzene rings is 2. The molecule has 2 aromatic rings. The molecule has 18 heavy (non-hydrogen) atoms. The highest BCUT2D eigenvalue weighted by molar-refractivity contribution is 9.08. The van der Waals surface area contributed by atoms with Crippen molar-refractivity contribution in [1.82, 2.24) is 0 Å². The average molecular weight is 385 g/mol. The first-order valence-corrected chi connectivity index (χ1v) is 7.65. The minimum absolute atomic E-state index is 0.439. The van der Waals surface area contributed by atoms with Gasteiger partial charge in [-0.2, -0.15) is 0 Å². The van der Waals surface area contributed by atoms with Crippen molar-refractivity contribution in [3.8, 4) is 11.1 Å². The van der Waals surface area contributed by atoms with Crippen LogP contribution in [0.4, 0.5) is 0 Å². The number of hydrogen-bond donors (Lipinski definition) is 0. The molecule has 0 nitrogen and oxygen atoms in total. The standard InChI is InChI=1S/C13H7BrCl4/c14-6-7-3-8(15)1-2-10(7)11-4-9(16)5-12(17)13(11)18/h1-5H,6H2.